The summed E-state index contributed by atoms with van der Waals surface area (Å²) in [4.78, 5) is 223. The van der Waals surface area contributed by atoms with Gasteiger partial charge in [0.15, 0.2) is 0 Å². The summed E-state index contributed by atoms with van der Waals surface area (Å²) < 4.78 is 0. The van der Waals surface area contributed by atoms with Gasteiger partial charge in [-0.25, -0.2) is 0 Å². The van der Waals surface area contributed by atoms with E-state index in [4.69, 9.17) is 45.9 Å². The van der Waals surface area contributed by atoms with Gasteiger partial charge in [0.2, 0.25) is 100 Å². The summed E-state index contributed by atoms with van der Waals surface area (Å²) in [6, 6.07) is -10.2. The molecule has 0 aliphatic carbocycles. The molecule has 0 saturated heterocycles. The highest BCUT2D eigenvalue weighted by Gasteiger charge is 2.35. The molecule has 101 heavy (non-hydrogen) atoms. The highest BCUT2D eigenvalue weighted by Crippen LogP contribution is 2.11. The van der Waals surface area contributed by atoms with E-state index in [1.54, 1.807) is 30.3 Å². The second-order valence-corrected chi connectivity index (χ2v) is 24.6. The Hall–Kier alpha value is -9.95. The van der Waals surface area contributed by atoms with E-state index in [0.717, 1.165) is 0 Å². The predicted octanol–water partition coefficient (Wildman–Crippen LogP) is -8.33. The fourth-order valence-electron chi connectivity index (χ4n) is 9.38. The van der Waals surface area contributed by atoms with Gasteiger partial charge < -0.3 is 115 Å². The number of unbranched alkanes of at least 4 members (excludes halogenated alkanes) is 3. The van der Waals surface area contributed by atoms with Gasteiger partial charge >= 0.3 is 0 Å². The molecular weight excluding hydrogens is 1320 g/mol. The maximum absolute atomic E-state index is 13.9. The van der Waals surface area contributed by atoms with E-state index < -0.39 is 198 Å². The van der Waals surface area contributed by atoms with Crippen molar-refractivity contribution in [3.63, 3.8) is 0 Å². The highest BCUT2D eigenvalue weighted by atomic mass is 16.2. The number of benzene rings is 1. The van der Waals surface area contributed by atoms with Gasteiger partial charge in [-0.2, -0.15) is 0 Å². The SMILES string of the molecule is C[C@H](N)C(=O)N[C@@H](CCC(N)=O)C(=O)N[C@@H](C)C(=O)N[C@@H](C)C(=O)N[C@@H](CCCCN)C(=O)N[C@@H](CCC(N)=O)C(=O)N[C@@H](C)C(=O)N[C@@H](C)C(=O)N[C@@H](CCCCN)C(=O)N[C@@H](C)C(=O)N[C@@H](C)C(=O)N[C@@H](CCCCN)C(=O)N[C@@H](CCC(N)=O)C(=O)N[C@@H](Cc1ccccc1)C(N)=O. The minimum atomic E-state index is -1.56. The molecule has 0 saturated carbocycles. The fraction of sp³-hybridized carbons (Fsp3) is 0.635. The largest absolute Gasteiger partial charge is 0.370 e. The first kappa shape index (κ1) is 89.1. The Balaban J connectivity index is 3.17. The van der Waals surface area contributed by atoms with Crippen LogP contribution in [0.4, 0.5) is 0 Å². The third-order valence-corrected chi connectivity index (χ3v) is 15.5. The van der Waals surface area contributed by atoms with E-state index in [9.17, 15) is 81.5 Å². The number of carbonyl (C=O) groups excluding carboxylic acids is 17. The maximum atomic E-state index is 13.9. The van der Waals surface area contributed by atoms with Gasteiger partial charge in [0.05, 0.1) is 6.04 Å². The third kappa shape index (κ3) is 35.6. The minimum absolute atomic E-state index is 0.000683. The summed E-state index contributed by atoms with van der Waals surface area (Å²) in [5.41, 5.74) is 44.9. The number of nitrogens with one attached hydrogen (secondary N) is 13. The second kappa shape index (κ2) is 47.2. The molecule has 0 bridgehead atoms. The highest BCUT2D eigenvalue weighted by molar-refractivity contribution is 6.00. The Morgan fingerprint density at radius 1 is 0.287 bits per heavy atom. The number of carbonyl (C=O) groups is 17. The van der Waals surface area contributed by atoms with Gasteiger partial charge in [-0.15, -0.1) is 0 Å². The molecule has 14 atom stereocenters. The lowest BCUT2D eigenvalue weighted by Gasteiger charge is -2.26. The fourth-order valence-corrected chi connectivity index (χ4v) is 9.38. The zero-order valence-corrected chi connectivity index (χ0v) is 58.5. The Labute approximate surface area is 586 Å². The van der Waals surface area contributed by atoms with Gasteiger partial charge in [-0.05, 0) is 151 Å². The lowest BCUT2D eigenvalue weighted by atomic mass is 10.0. The molecule has 29 N–H and O–H groups in total. The Kier molecular flexibility index (Phi) is 41.6. The van der Waals surface area contributed by atoms with Crippen LogP contribution in [-0.4, -0.2) is 205 Å². The quantitative estimate of drug-likeness (QED) is 0.0269. The van der Waals surface area contributed by atoms with Crippen LogP contribution < -0.4 is 115 Å². The average Bonchev–Trinajstić information content (AvgIpc) is 0.889. The summed E-state index contributed by atoms with van der Waals surface area (Å²) in [5.74, 6) is -14.8. The van der Waals surface area contributed by atoms with E-state index in [-0.39, 0.29) is 77.4 Å². The summed E-state index contributed by atoms with van der Waals surface area (Å²) in [7, 11) is 0. The zero-order chi connectivity index (χ0) is 76.6. The topological polar surface area (TPSA) is 655 Å². The van der Waals surface area contributed by atoms with Gasteiger partial charge in [-0.3, -0.25) is 81.5 Å². The van der Waals surface area contributed by atoms with E-state index in [2.05, 4.69) is 69.1 Å². The lowest BCUT2D eigenvalue weighted by Crippen LogP contribution is -2.60. The van der Waals surface area contributed by atoms with Gasteiger partial charge in [0.25, 0.3) is 0 Å². The van der Waals surface area contributed by atoms with Crippen molar-refractivity contribution in [2.75, 3.05) is 19.6 Å². The zero-order valence-electron chi connectivity index (χ0n) is 58.5. The van der Waals surface area contributed by atoms with Crippen molar-refractivity contribution in [3.8, 4) is 0 Å². The molecule has 0 aliphatic heterocycles. The van der Waals surface area contributed by atoms with Crippen LogP contribution in [0, 0.1) is 0 Å². The summed E-state index contributed by atoms with van der Waals surface area (Å²) in [6.07, 6.45) is 0.0179. The summed E-state index contributed by atoms with van der Waals surface area (Å²) >= 11 is 0. The van der Waals surface area contributed by atoms with Crippen molar-refractivity contribution >= 4 is 100 Å². The number of rotatable bonds is 50. The van der Waals surface area contributed by atoms with E-state index >= 15 is 0 Å². The Bertz CT molecular complexity index is 3000. The third-order valence-electron chi connectivity index (χ3n) is 15.5. The van der Waals surface area contributed by atoms with Crippen LogP contribution in [0.5, 0.6) is 0 Å². The smallest absolute Gasteiger partial charge is 0.243 e. The molecule has 1 aromatic carbocycles. The predicted molar refractivity (Wildman–Crippen MR) is 366 cm³/mol. The molecule has 1 aromatic rings. The number of hydrogen-bond donors (Lipinski definition) is 21. The molecule has 38 nitrogen and oxygen atoms in total. The molecule has 0 aliphatic rings. The monoisotopic (exact) mass is 1430 g/mol. The average molecular weight is 1430 g/mol. The van der Waals surface area contributed by atoms with Crippen molar-refractivity contribution in [1.29, 1.82) is 0 Å². The second-order valence-electron chi connectivity index (χ2n) is 24.6. The molecule has 0 aromatic heterocycles. The molecule has 0 radical (unpaired) electrons. The molecule has 566 valence electrons. The van der Waals surface area contributed by atoms with Crippen LogP contribution in [0.1, 0.15) is 150 Å². The molecule has 1 rings (SSSR count). The molecule has 17 amide bonds. The molecule has 0 unspecified atom stereocenters. The van der Waals surface area contributed by atoms with Crippen LogP contribution in [0.15, 0.2) is 30.3 Å². The van der Waals surface area contributed by atoms with Crippen molar-refractivity contribution in [2.45, 2.75) is 236 Å². The van der Waals surface area contributed by atoms with Crippen LogP contribution in [0.3, 0.4) is 0 Å². The maximum Gasteiger partial charge on any atom is 0.243 e. The number of hydrogen-bond acceptors (Lipinski definition) is 21. The van der Waals surface area contributed by atoms with E-state index in [1.807, 2.05) is 0 Å². The Morgan fingerprint density at radius 2 is 0.505 bits per heavy atom. The number of nitrogens with two attached hydrogens (primary N) is 8. The van der Waals surface area contributed by atoms with Crippen molar-refractivity contribution < 1.29 is 81.5 Å². The van der Waals surface area contributed by atoms with E-state index in [1.165, 1.54) is 48.5 Å². The van der Waals surface area contributed by atoms with Crippen molar-refractivity contribution in [1.82, 2.24) is 69.1 Å². The number of primary amides is 4. The Morgan fingerprint density at radius 3 is 0.752 bits per heavy atom. The van der Waals surface area contributed by atoms with Gasteiger partial charge in [0, 0.05) is 25.7 Å². The lowest BCUT2D eigenvalue weighted by molar-refractivity contribution is -0.136. The number of amides is 17. The van der Waals surface area contributed by atoms with Gasteiger partial charge in [-0.1, -0.05) is 30.3 Å². The van der Waals surface area contributed by atoms with Crippen LogP contribution >= 0.6 is 0 Å². The first-order valence-corrected chi connectivity index (χ1v) is 33.5. The van der Waals surface area contributed by atoms with Crippen LogP contribution in [0.2, 0.25) is 0 Å². The van der Waals surface area contributed by atoms with Crippen LogP contribution in [0.25, 0.3) is 0 Å². The standard InChI is InChI=1S/C63H107N21O17/c1-32(67)51(89)78-43(22-25-47(68)85)59(97)76-34(3)53(91)74-38(7)56(94)80-41(20-12-15-29-65)61(99)82-44(23-26-48(69)86)60(98)77-35(4)54(92)72-36(5)55(93)79-40(19-11-14-28-64)58(96)75-33(2)52(90)73-37(6)57(95)81-42(21-13-16-30-66)62(100)83-45(24-27-49(70)87)63(101)84-46(50(71)88)31-39-17-9-8-10-18-39/h8-10,17-18,32-38,40-46H,11-16,19-31,64-67H2,1-7H3,(H2,68,85)(H2,69,86)(H2,70,87)(H2,71,88)(H,72,92)(H,73,90)(H,74,91)(H,75,96)(H,76,97)(H,77,98)(H,78,89)(H,79,93)(H,80,94)(H,81,95)(H,82,99)(H,83,100)(H,84,101)/t32-,33-,34-,35-,36-,37-,38-,40-,41-,42-,43-,44-,45-,46-/m0/s1. The van der Waals surface area contributed by atoms with Crippen molar-refractivity contribution in [3.05, 3.63) is 35.9 Å². The molecule has 0 spiro atoms. The first-order valence-electron chi connectivity index (χ1n) is 33.5. The van der Waals surface area contributed by atoms with Crippen LogP contribution in [-0.2, 0) is 87.9 Å². The normalized spacial score (nSPS) is 15.1. The van der Waals surface area contributed by atoms with Gasteiger partial charge in [0.1, 0.15) is 78.5 Å². The molecule has 0 fully saturated rings. The summed E-state index contributed by atoms with van der Waals surface area (Å²) in [5, 5.41) is 32.0. The molecule has 0 heterocycles. The minimum Gasteiger partial charge on any atom is -0.370 e. The molecule has 38 heteroatoms. The summed E-state index contributed by atoms with van der Waals surface area (Å²) in [6.45, 7) is 9.60. The first-order chi connectivity index (χ1) is 47.5. The molecular formula is C63H107N21O17. The van der Waals surface area contributed by atoms with Crippen molar-refractivity contribution in [2.24, 2.45) is 45.9 Å². The van der Waals surface area contributed by atoms with E-state index in [0.29, 0.717) is 37.7 Å².